The molecule has 0 fully saturated rings. The molecule has 28 heavy (non-hydrogen) atoms. The fourth-order valence-electron chi connectivity index (χ4n) is 3.69. The van der Waals surface area contributed by atoms with E-state index < -0.39 is 5.60 Å². The van der Waals surface area contributed by atoms with E-state index in [-0.39, 0.29) is 31.0 Å². The summed E-state index contributed by atoms with van der Waals surface area (Å²) in [5.41, 5.74) is 1.04. The number of nitrogens with one attached hydrogen (secondary N) is 1. The normalized spacial score (nSPS) is 19.8. The predicted octanol–water partition coefficient (Wildman–Crippen LogP) is 3.48. The molecular weight excluding hydrogens is 380 g/mol. The molecule has 1 N–H and O–H groups in total. The second-order valence-corrected chi connectivity index (χ2v) is 7.99. The molecule has 1 atom stereocenters. The molecule has 2 aliphatic heterocycles. The van der Waals surface area contributed by atoms with Crippen LogP contribution in [0.15, 0.2) is 42.5 Å². The van der Waals surface area contributed by atoms with Gasteiger partial charge in [-0.15, -0.1) is 0 Å². The smallest absolute Gasteiger partial charge is 0.265 e. The minimum Gasteiger partial charge on any atom is -0.487 e. The molecule has 2 aliphatic rings. The van der Waals surface area contributed by atoms with Gasteiger partial charge in [-0.05, 0) is 32.0 Å². The third kappa shape index (κ3) is 3.52. The quantitative estimate of drug-likeness (QED) is 0.856. The Morgan fingerprint density at radius 3 is 2.86 bits per heavy atom. The van der Waals surface area contributed by atoms with Gasteiger partial charge in [-0.2, -0.15) is 0 Å². The molecule has 0 spiro atoms. The fourth-order valence-corrected chi connectivity index (χ4v) is 3.91. The van der Waals surface area contributed by atoms with Crippen LogP contribution in [0, 0.1) is 0 Å². The number of benzene rings is 2. The average molecular weight is 401 g/mol. The Hall–Kier alpha value is -2.73. The number of ether oxygens (including phenoxy) is 2. The van der Waals surface area contributed by atoms with Crippen LogP contribution in [0.25, 0.3) is 0 Å². The van der Waals surface area contributed by atoms with Crippen molar-refractivity contribution in [1.29, 1.82) is 0 Å². The summed E-state index contributed by atoms with van der Waals surface area (Å²) in [6.45, 7) is 3.74. The zero-order chi connectivity index (χ0) is 19.9. The van der Waals surface area contributed by atoms with Gasteiger partial charge in [-0.25, -0.2) is 0 Å². The SMILES string of the molecule is CC1(C)C[C@H](NC(=O)CN2C(=O)COc3c(Cl)cccc32)c2ccccc2O1. The lowest BCUT2D eigenvalue weighted by atomic mass is 9.89. The molecule has 0 aliphatic carbocycles. The molecule has 2 amide bonds. The van der Waals surface area contributed by atoms with Gasteiger partial charge in [0.25, 0.3) is 5.91 Å². The Labute approximate surface area is 168 Å². The molecule has 4 rings (SSSR count). The fraction of sp³-hybridized carbons (Fsp3) is 0.333. The molecular formula is C21H21ClN2O4. The highest BCUT2D eigenvalue weighted by molar-refractivity contribution is 6.32. The van der Waals surface area contributed by atoms with Gasteiger partial charge in [0.2, 0.25) is 5.91 Å². The number of para-hydroxylation sites is 2. The molecule has 0 bridgehead atoms. The van der Waals surface area contributed by atoms with E-state index in [0.29, 0.717) is 22.9 Å². The molecule has 7 heteroatoms. The van der Waals surface area contributed by atoms with E-state index in [2.05, 4.69) is 5.32 Å². The Morgan fingerprint density at radius 1 is 1.25 bits per heavy atom. The lowest BCUT2D eigenvalue weighted by molar-refractivity contribution is -0.126. The summed E-state index contributed by atoms with van der Waals surface area (Å²) in [7, 11) is 0. The average Bonchev–Trinajstić information content (AvgIpc) is 2.63. The van der Waals surface area contributed by atoms with E-state index in [9.17, 15) is 9.59 Å². The van der Waals surface area contributed by atoms with Crippen LogP contribution in [0.5, 0.6) is 11.5 Å². The maximum atomic E-state index is 12.8. The van der Waals surface area contributed by atoms with E-state index in [4.69, 9.17) is 21.1 Å². The number of carbonyl (C=O) groups excluding carboxylic acids is 2. The molecule has 0 saturated heterocycles. The van der Waals surface area contributed by atoms with Crippen molar-refractivity contribution in [2.75, 3.05) is 18.1 Å². The molecule has 0 aromatic heterocycles. The Kier molecular flexibility index (Phi) is 4.67. The number of amides is 2. The van der Waals surface area contributed by atoms with E-state index >= 15 is 0 Å². The van der Waals surface area contributed by atoms with Crippen molar-refractivity contribution in [3.63, 3.8) is 0 Å². The van der Waals surface area contributed by atoms with Gasteiger partial charge in [0.05, 0.1) is 16.8 Å². The minimum atomic E-state index is -0.402. The maximum Gasteiger partial charge on any atom is 0.265 e. The van der Waals surface area contributed by atoms with Gasteiger partial charge in [0, 0.05) is 12.0 Å². The lowest BCUT2D eigenvalue weighted by Crippen LogP contribution is -2.47. The molecule has 146 valence electrons. The minimum absolute atomic E-state index is 0.102. The van der Waals surface area contributed by atoms with Crippen molar-refractivity contribution in [1.82, 2.24) is 5.32 Å². The van der Waals surface area contributed by atoms with E-state index in [1.54, 1.807) is 18.2 Å². The molecule has 6 nitrogen and oxygen atoms in total. The molecule has 2 aromatic rings. The summed E-state index contributed by atoms with van der Waals surface area (Å²) in [5.74, 6) is 0.661. The third-order valence-corrected chi connectivity index (χ3v) is 5.19. The first-order valence-corrected chi connectivity index (χ1v) is 9.51. The largest absolute Gasteiger partial charge is 0.487 e. The number of halogens is 1. The standard InChI is InChI=1S/C21H21ClN2O4/c1-21(2)10-15(13-6-3-4-9-17(13)28-21)23-18(25)11-24-16-8-5-7-14(22)20(16)27-12-19(24)26/h3-9,15H,10-12H2,1-2H3,(H,23,25)/t15-/m0/s1. The first-order chi connectivity index (χ1) is 13.3. The number of nitrogens with zero attached hydrogens (tertiary/aromatic N) is 1. The summed E-state index contributed by atoms with van der Waals surface area (Å²) >= 11 is 6.16. The van der Waals surface area contributed by atoms with Gasteiger partial charge in [-0.1, -0.05) is 35.9 Å². The highest BCUT2D eigenvalue weighted by Gasteiger charge is 2.35. The lowest BCUT2D eigenvalue weighted by Gasteiger charge is -2.38. The van der Waals surface area contributed by atoms with Crippen LogP contribution in [0.4, 0.5) is 5.69 Å². The predicted molar refractivity (Wildman–Crippen MR) is 106 cm³/mol. The van der Waals surface area contributed by atoms with Crippen LogP contribution in [0.2, 0.25) is 5.02 Å². The number of fused-ring (bicyclic) bond motifs is 2. The van der Waals surface area contributed by atoms with Crippen LogP contribution < -0.4 is 19.7 Å². The van der Waals surface area contributed by atoms with Crippen LogP contribution in [-0.4, -0.2) is 30.6 Å². The van der Waals surface area contributed by atoms with Crippen LogP contribution >= 0.6 is 11.6 Å². The topological polar surface area (TPSA) is 67.9 Å². The Morgan fingerprint density at radius 2 is 2.04 bits per heavy atom. The molecule has 0 unspecified atom stereocenters. The molecule has 2 heterocycles. The summed E-state index contributed by atoms with van der Waals surface area (Å²) in [5, 5.41) is 3.47. The van der Waals surface area contributed by atoms with E-state index in [0.717, 1.165) is 11.3 Å². The highest BCUT2D eigenvalue weighted by Crippen LogP contribution is 2.40. The number of rotatable bonds is 3. The Balaban J connectivity index is 1.54. The van der Waals surface area contributed by atoms with Crippen molar-refractivity contribution < 1.29 is 19.1 Å². The van der Waals surface area contributed by atoms with E-state index in [1.807, 2.05) is 38.1 Å². The monoisotopic (exact) mass is 400 g/mol. The van der Waals surface area contributed by atoms with Gasteiger partial charge < -0.3 is 14.8 Å². The van der Waals surface area contributed by atoms with Crippen molar-refractivity contribution in [2.45, 2.75) is 31.9 Å². The van der Waals surface area contributed by atoms with E-state index in [1.165, 1.54) is 4.90 Å². The van der Waals surface area contributed by atoms with Crippen molar-refractivity contribution >= 4 is 29.1 Å². The van der Waals surface area contributed by atoms with Crippen molar-refractivity contribution in [3.8, 4) is 11.5 Å². The molecule has 0 radical (unpaired) electrons. The Bertz CT molecular complexity index is 944. The zero-order valence-electron chi connectivity index (χ0n) is 15.7. The highest BCUT2D eigenvalue weighted by atomic mass is 35.5. The van der Waals surface area contributed by atoms with Crippen LogP contribution in [-0.2, 0) is 9.59 Å². The molecule has 0 saturated carbocycles. The number of carbonyl (C=O) groups is 2. The van der Waals surface area contributed by atoms with Gasteiger partial charge in [0.15, 0.2) is 12.4 Å². The number of hydrogen-bond acceptors (Lipinski definition) is 4. The molecule has 2 aromatic carbocycles. The summed E-state index contributed by atoms with van der Waals surface area (Å²) < 4.78 is 11.4. The van der Waals surface area contributed by atoms with Crippen LogP contribution in [0.1, 0.15) is 31.9 Å². The van der Waals surface area contributed by atoms with Gasteiger partial charge in [-0.3, -0.25) is 14.5 Å². The maximum absolute atomic E-state index is 12.8. The summed E-state index contributed by atoms with van der Waals surface area (Å²) in [4.78, 5) is 26.6. The van der Waals surface area contributed by atoms with Gasteiger partial charge >= 0.3 is 0 Å². The number of anilines is 1. The summed E-state index contributed by atoms with van der Waals surface area (Å²) in [6, 6.07) is 12.6. The zero-order valence-corrected chi connectivity index (χ0v) is 16.5. The third-order valence-electron chi connectivity index (χ3n) is 4.89. The second kappa shape index (κ2) is 7.02. The van der Waals surface area contributed by atoms with Gasteiger partial charge in [0.1, 0.15) is 17.9 Å². The first kappa shape index (κ1) is 18.6. The van der Waals surface area contributed by atoms with Crippen molar-refractivity contribution in [3.05, 3.63) is 53.1 Å². The van der Waals surface area contributed by atoms with Crippen molar-refractivity contribution in [2.24, 2.45) is 0 Å². The first-order valence-electron chi connectivity index (χ1n) is 9.13. The van der Waals surface area contributed by atoms with Crippen LogP contribution in [0.3, 0.4) is 0 Å². The summed E-state index contributed by atoms with van der Waals surface area (Å²) in [6.07, 6.45) is 0.634. The second-order valence-electron chi connectivity index (χ2n) is 7.58. The number of hydrogen-bond donors (Lipinski definition) is 1.